The fraction of sp³-hybridized carbons (Fsp3) is 0.417. The lowest BCUT2D eigenvalue weighted by Gasteiger charge is -2.25. The number of ether oxygens (including phenoxy) is 1. The van der Waals surface area contributed by atoms with Crippen LogP contribution in [0.4, 0.5) is 0 Å². The van der Waals surface area contributed by atoms with Gasteiger partial charge in [-0.25, -0.2) is 13.2 Å². The van der Waals surface area contributed by atoms with Gasteiger partial charge in [0.25, 0.3) is 9.05 Å². The predicted molar refractivity (Wildman–Crippen MR) is 72.3 cm³/mol. The quantitative estimate of drug-likeness (QED) is 0.633. The maximum atomic E-state index is 12.0. The highest BCUT2D eigenvalue weighted by atomic mass is 35.7. The van der Waals surface area contributed by atoms with Gasteiger partial charge in [-0.3, -0.25) is 0 Å². The summed E-state index contributed by atoms with van der Waals surface area (Å²) in [7, 11) is 1.37. The Hall–Kier alpha value is -0.780. The second-order valence-corrected chi connectivity index (χ2v) is 7.44. The number of rotatable bonds is 3. The molecule has 0 aliphatic heterocycles. The van der Waals surface area contributed by atoms with Gasteiger partial charge in [0, 0.05) is 15.7 Å². The molecule has 2 rings (SSSR count). The van der Waals surface area contributed by atoms with E-state index in [4.69, 9.17) is 27.0 Å². The zero-order valence-electron chi connectivity index (χ0n) is 10.2. The van der Waals surface area contributed by atoms with E-state index in [9.17, 15) is 13.2 Å². The van der Waals surface area contributed by atoms with Crippen molar-refractivity contribution in [3.8, 4) is 0 Å². The Balaban J connectivity index is 2.39. The monoisotopic (exact) mass is 322 g/mol. The first-order valence-corrected chi connectivity index (χ1v) is 8.43. The number of halogens is 2. The molecule has 19 heavy (non-hydrogen) atoms. The van der Waals surface area contributed by atoms with E-state index in [2.05, 4.69) is 0 Å². The lowest BCUT2D eigenvalue weighted by Crippen LogP contribution is -2.25. The molecule has 1 fully saturated rings. The van der Waals surface area contributed by atoms with E-state index in [0.717, 1.165) is 19.3 Å². The van der Waals surface area contributed by atoms with E-state index in [-0.39, 0.29) is 27.1 Å². The second-order valence-electron chi connectivity index (χ2n) is 4.47. The maximum absolute atomic E-state index is 12.0. The van der Waals surface area contributed by atoms with Crippen LogP contribution in [0.5, 0.6) is 0 Å². The molecule has 1 aromatic rings. The van der Waals surface area contributed by atoms with Crippen LogP contribution in [0.2, 0.25) is 5.02 Å². The van der Waals surface area contributed by atoms with Crippen molar-refractivity contribution in [1.82, 2.24) is 0 Å². The number of carbonyl (C=O) groups excluding carboxylic acids is 1. The van der Waals surface area contributed by atoms with Crippen LogP contribution < -0.4 is 0 Å². The van der Waals surface area contributed by atoms with Crippen LogP contribution in [0, 0.1) is 6.92 Å². The SMILES string of the molecule is Cc1c(C(=O)OC2CCC2)cc(Cl)cc1S(=O)(=O)Cl. The third-order valence-corrected chi connectivity index (χ3v) is 4.80. The predicted octanol–water partition coefficient (Wildman–Crippen LogP) is 3.29. The Labute approximate surface area is 121 Å². The van der Waals surface area contributed by atoms with Gasteiger partial charge in [-0.2, -0.15) is 0 Å². The van der Waals surface area contributed by atoms with Crippen LogP contribution in [-0.2, 0) is 13.8 Å². The summed E-state index contributed by atoms with van der Waals surface area (Å²) in [6, 6.07) is 2.61. The molecular formula is C12H12Cl2O4S. The van der Waals surface area contributed by atoms with Gasteiger partial charge in [-0.1, -0.05) is 11.6 Å². The fourth-order valence-electron chi connectivity index (χ4n) is 1.82. The molecule has 0 unspecified atom stereocenters. The molecule has 1 aliphatic carbocycles. The van der Waals surface area contributed by atoms with E-state index in [1.165, 1.54) is 19.1 Å². The number of hydrogen-bond acceptors (Lipinski definition) is 4. The Bertz CT molecular complexity index is 621. The normalized spacial score (nSPS) is 15.9. The van der Waals surface area contributed by atoms with Crippen LogP contribution in [0.15, 0.2) is 17.0 Å². The molecule has 4 nitrogen and oxygen atoms in total. The highest BCUT2D eigenvalue weighted by molar-refractivity contribution is 8.13. The van der Waals surface area contributed by atoms with Gasteiger partial charge in [0.15, 0.2) is 0 Å². The van der Waals surface area contributed by atoms with Crippen LogP contribution in [0.3, 0.4) is 0 Å². The van der Waals surface area contributed by atoms with Crippen molar-refractivity contribution in [2.24, 2.45) is 0 Å². The van der Waals surface area contributed by atoms with Crippen LogP contribution in [0.1, 0.15) is 35.2 Å². The molecule has 0 aromatic heterocycles. The molecule has 1 aliphatic rings. The zero-order chi connectivity index (χ0) is 14.2. The number of benzene rings is 1. The van der Waals surface area contributed by atoms with Gasteiger partial charge in [0.05, 0.1) is 10.5 Å². The minimum Gasteiger partial charge on any atom is -0.459 e. The van der Waals surface area contributed by atoms with Crippen molar-refractivity contribution < 1.29 is 17.9 Å². The van der Waals surface area contributed by atoms with Gasteiger partial charge in [-0.15, -0.1) is 0 Å². The minimum atomic E-state index is -3.95. The molecule has 104 valence electrons. The lowest BCUT2D eigenvalue weighted by atomic mass is 9.96. The van der Waals surface area contributed by atoms with Crippen molar-refractivity contribution in [1.29, 1.82) is 0 Å². The summed E-state index contributed by atoms with van der Waals surface area (Å²) in [5, 5.41) is 0.130. The van der Waals surface area contributed by atoms with E-state index in [0.29, 0.717) is 0 Å². The maximum Gasteiger partial charge on any atom is 0.338 e. The molecule has 0 saturated heterocycles. The summed E-state index contributed by atoms with van der Waals surface area (Å²) in [5.74, 6) is -0.564. The summed E-state index contributed by atoms with van der Waals surface area (Å²) >= 11 is 5.83. The van der Waals surface area contributed by atoms with Gasteiger partial charge < -0.3 is 4.74 Å². The van der Waals surface area contributed by atoms with Gasteiger partial charge in [-0.05, 0) is 43.9 Å². The van der Waals surface area contributed by atoms with Crippen molar-refractivity contribution in [2.75, 3.05) is 0 Å². The molecule has 0 radical (unpaired) electrons. The molecular weight excluding hydrogens is 311 g/mol. The molecule has 0 heterocycles. The van der Waals surface area contributed by atoms with Crippen molar-refractivity contribution in [3.63, 3.8) is 0 Å². The van der Waals surface area contributed by atoms with Crippen molar-refractivity contribution in [2.45, 2.75) is 37.2 Å². The van der Waals surface area contributed by atoms with Gasteiger partial charge in [0.1, 0.15) is 6.10 Å². The molecule has 7 heteroatoms. The first-order valence-electron chi connectivity index (χ1n) is 5.75. The van der Waals surface area contributed by atoms with E-state index < -0.39 is 15.0 Å². The molecule has 0 atom stereocenters. The third kappa shape index (κ3) is 3.22. The van der Waals surface area contributed by atoms with E-state index in [1.807, 2.05) is 0 Å². The summed E-state index contributed by atoms with van der Waals surface area (Å²) in [4.78, 5) is 11.8. The summed E-state index contributed by atoms with van der Waals surface area (Å²) in [6.07, 6.45) is 2.63. The average Bonchev–Trinajstić information content (AvgIpc) is 2.24. The average molecular weight is 323 g/mol. The number of hydrogen-bond donors (Lipinski definition) is 0. The zero-order valence-corrected chi connectivity index (χ0v) is 12.5. The lowest BCUT2D eigenvalue weighted by molar-refractivity contribution is 0.00890. The number of carbonyl (C=O) groups is 1. The minimum absolute atomic E-state index is 0.0815. The highest BCUT2D eigenvalue weighted by Crippen LogP contribution is 2.29. The molecule has 0 N–H and O–H groups in total. The Morgan fingerprint density at radius 1 is 1.37 bits per heavy atom. The Morgan fingerprint density at radius 3 is 2.47 bits per heavy atom. The Morgan fingerprint density at radius 2 is 2.00 bits per heavy atom. The summed E-state index contributed by atoms with van der Waals surface area (Å²) in [5.41, 5.74) is 0.391. The largest absolute Gasteiger partial charge is 0.459 e. The van der Waals surface area contributed by atoms with E-state index in [1.54, 1.807) is 0 Å². The highest BCUT2D eigenvalue weighted by Gasteiger charge is 2.26. The van der Waals surface area contributed by atoms with Crippen LogP contribution >= 0.6 is 22.3 Å². The number of esters is 1. The topological polar surface area (TPSA) is 60.4 Å². The molecule has 0 bridgehead atoms. The molecule has 0 spiro atoms. The van der Waals surface area contributed by atoms with Crippen LogP contribution in [-0.4, -0.2) is 20.5 Å². The standard InChI is InChI=1S/C12H12Cl2O4S/c1-7-10(12(15)18-9-3-2-4-9)5-8(13)6-11(7)19(14,16)17/h5-6,9H,2-4H2,1H3. The molecule has 1 aromatic carbocycles. The molecule has 1 saturated carbocycles. The van der Waals surface area contributed by atoms with Crippen molar-refractivity contribution >= 4 is 37.3 Å². The van der Waals surface area contributed by atoms with Crippen molar-refractivity contribution in [3.05, 3.63) is 28.3 Å². The third-order valence-electron chi connectivity index (χ3n) is 3.13. The Kier molecular flexibility index (Phi) is 4.08. The van der Waals surface area contributed by atoms with Crippen LogP contribution in [0.25, 0.3) is 0 Å². The first-order chi connectivity index (χ1) is 8.79. The van der Waals surface area contributed by atoms with E-state index >= 15 is 0 Å². The second kappa shape index (κ2) is 5.31. The van der Waals surface area contributed by atoms with Gasteiger partial charge in [0.2, 0.25) is 0 Å². The first kappa shape index (κ1) is 14.6. The smallest absolute Gasteiger partial charge is 0.338 e. The summed E-state index contributed by atoms with van der Waals surface area (Å²) < 4.78 is 28.1. The molecule has 0 amide bonds. The van der Waals surface area contributed by atoms with Gasteiger partial charge >= 0.3 is 5.97 Å². The summed E-state index contributed by atoms with van der Waals surface area (Å²) in [6.45, 7) is 1.50. The fourth-order valence-corrected chi connectivity index (χ4v) is 3.33.